The predicted molar refractivity (Wildman–Crippen MR) is 84.9 cm³/mol. The zero-order valence-corrected chi connectivity index (χ0v) is 13.3. The molecule has 0 aromatic rings. The van der Waals surface area contributed by atoms with Crippen LogP contribution in [0.4, 0.5) is 0 Å². The SMILES string of the molecule is C=C(COCC(=C)CC(=O)NCCC)CC(=O)NCCC. The van der Waals surface area contributed by atoms with E-state index in [1.54, 1.807) is 0 Å². The normalized spacial score (nSPS) is 10.0. The number of carbonyl (C=O) groups is 2. The second-order valence-corrected chi connectivity index (χ2v) is 5.05. The largest absolute Gasteiger partial charge is 0.373 e. The minimum absolute atomic E-state index is 0.0387. The van der Waals surface area contributed by atoms with Crippen LogP contribution in [0, 0.1) is 0 Å². The Morgan fingerprint density at radius 1 is 0.857 bits per heavy atom. The third-order valence-electron chi connectivity index (χ3n) is 2.58. The number of carbonyl (C=O) groups excluding carboxylic acids is 2. The highest BCUT2D eigenvalue weighted by Crippen LogP contribution is 2.03. The van der Waals surface area contributed by atoms with Crippen LogP contribution in [0.5, 0.6) is 0 Å². The quantitative estimate of drug-likeness (QED) is 0.541. The van der Waals surface area contributed by atoms with E-state index in [0.29, 0.717) is 37.4 Å². The van der Waals surface area contributed by atoms with Crippen molar-refractivity contribution in [1.29, 1.82) is 0 Å². The van der Waals surface area contributed by atoms with Crippen LogP contribution >= 0.6 is 0 Å². The lowest BCUT2D eigenvalue weighted by atomic mass is 10.2. The molecule has 0 radical (unpaired) electrons. The lowest BCUT2D eigenvalue weighted by Crippen LogP contribution is -2.25. The molecule has 120 valence electrons. The molecular formula is C16H28N2O3. The first kappa shape index (κ1) is 19.4. The topological polar surface area (TPSA) is 67.4 Å². The van der Waals surface area contributed by atoms with Gasteiger partial charge in [-0.3, -0.25) is 9.59 Å². The molecule has 5 heteroatoms. The monoisotopic (exact) mass is 296 g/mol. The predicted octanol–water partition coefficient (Wildman–Crippen LogP) is 1.95. The Labute approximate surface area is 127 Å². The van der Waals surface area contributed by atoms with Gasteiger partial charge in [0.1, 0.15) is 0 Å². The van der Waals surface area contributed by atoms with Crippen molar-refractivity contribution in [1.82, 2.24) is 10.6 Å². The van der Waals surface area contributed by atoms with Gasteiger partial charge in [0.2, 0.25) is 11.8 Å². The summed E-state index contributed by atoms with van der Waals surface area (Å²) in [6.45, 7) is 13.6. The van der Waals surface area contributed by atoms with Crippen molar-refractivity contribution in [3.05, 3.63) is 24.3 Å². The molecule has 0 bridgehead atoms. The zero-order valence-electron chi connectivity index (χ0n) is 13.3. The zero-order chi connectivity index (χ0) is 16.1. The van der Waals surface area contributed by atoms with E-state index >= 15 is 0 Å². The Bertz CT molecular complexity index is 331. The van der Waals surface area contributed by atoms with Gasteiger partial charge in [-0.2, -0.15) is 0 Å². The standard InChI is InChI=1S/C16H28N2O3/c1-5-7-17-15(19)9-13(3)11-21-12-14(4)10-16(20)18-8-6-2/h3-12H2,1-2H3,(H,17,19)(H,18,20). The van der Waals surface area contributed by atoms with Crippen molar-refractivity contribution >= 4 is 11.8 Å². The molecule has 0 aliphatic rings. The maximum atomic E-state index is 11.5. The summed E-state index contributed by atoms with van der Waals surface area (Å²) >= 11 is 0. The van der Waals surface area contributed by atoms with Gasteiger partial charge >= 0.3 is 0 Å². The molecule has 5 nitrogen and oxygen atoms in total. The Balaban J connectivity index is 3.73. The van der Waals surface area contributed by atoms with Gasteiger partial charge in [0.05, 0.1) is 13.2 Å². The molecule has 0 saturated heterocycles. The maximum absolute atomic E-state index is 11.5. The second-order valence-electron chi connectivity index (χ2n) is 5.05. The van der Waals surface area contributed by atoms with E-state index in [1.165, 1.54) is 0 Å². The summed E-state index contributed by atoms with van der Waals surface area (Å²) in [5.41, 5.74) is 1.43. The minimum Gasteiger partial charge on any atom is -0.373 e. The summed E-state index contributed by atoms with van der Waals surface area (Å²) in [4.78, 5) is 22.9. The third-order valence-corrected chi connectivity index (χ3v) is 2.58. The molecule has 2 N–H and O–H groups in total. The van der Waals surface area contributed by atoms with Gasteiger partial charge in [-0.15, -0.1) is 0 Å². The van der Waals surface area contributed by atoms with Gasteiger partial charge in [0.25, 0.3) is 0 Å². The van der Waals surface area contributed by atoms with E-state index in [9.17, 15) is 9.59 Å². The Kier molecular flexibility index (Phi) is 11.2. The molecule has 0 aliphatic carbocycles. The van der Waals surface area contributed by atoms with Gasteiger partial charge < -0.3 is 15.4 Å². The Hall–Kier alpha value is -1.62. The number of nitrogens with one attached hydrogen (secondary N) is 2. The van der Waals surface area contributed by atoms with Crippen LogP contribution in [0.1, 0.15) is 39.5 Å². The highest BCUT2D eigenvalue weighted by molar-refractivity contribution is 5.78. The van der Waals surface area contributed by atoms with Crippen LogP contribution in [-0.4, -0.2) is 38.1 Å². The van der Waals surface area contributed by atoms with Crippen LogP contribution in [0.2, 0.25) is 0 Å². The van der Waals surface area contributed by atoms with Crippen LogP contribution in [0.15, 0.2) is 24.3 Å². The summed E-state index contributed by atoms with van der Waals surface area (Å²) in [5, 5.41) is 5.56. The second kappa shape index (κ2) is 12.1. The molecule has 2 amide bonds. The first-order valence-corrected chi connectivity index (χ1v) is 7.44. The molecule has 21 heavy (non-hydrogen) atoms. The molecule has 0 fully saturated rings. The fourth-order valence-electron chi connectivity index (χ4n) is 1.55. The van der Waals surface area contributed by atoms with Crippen molar-refractivity contribution in [2.45, 2.75) is 39.5 Å². The first-order valence-electron chi connectivity index (χ1n) is 7.44. The van der Waals surface area contributed by atoms with Crippen molar-refractivity contribution in [3.63, 3.8) is 0 Å². The van der Waals surface area contributed by atoms with E-state index in [2.05, 4.69) is 23.8 Å². The number of ether oxygens (including phenoxy) is 1. The van der Waals surface area contributed by atoms with E-state index < -0.39 is 0 Å². The van der Waals surface area contributed by atoms with Crippen LogP contribution < -0.4 is 10.6 Å². The van der Waals surface area contributed by atoms with Crippen molar-refractivity contribution in [2.24, 2.45) is 0 Å². The fourth-order valence-corrected chi connectivity index (χ4v) is 1.55. The van der Waals surface area contributed by atoms with E-state index in [0.717, 1.165) is 12.8 Å². The molecule has 0 spiro atoms. The first-order chi connectivity index (χ1) is 9.99. The molecule has 0 rings (SSSR count). The molecule has 0 aliphatic heterocycles. The molecule has 0 saturated carbocycles. The number of rotatable bonds is 12. The molecule has 0 aromatic heterocycles. The van der Waals surface area contributed by atoms with Crippen LogP contribution in [0.3, 0.4) is 0 Å². The lowest BCUT2D eigenvalue weighted by molar-refractivity contribution is -0.121. The van der Waals surface area contributed by atoms with Gasteiger partial charge in [-0.05, 0) is 24.0 Å². The van der Waals surface area contributed by atoms with Crippen molar-refractivity contribution < 1.29 is 14.3 Å². The highest BCUT2D eigenvalue weighted by Gasteiger charge is 2.06. The maximum Gasteiger partial charge on any atom is 0.224 e. The molecule has 0 atom stereocenters. The average molecular weight is 296 g/mol. The summed E-state index contributed by atoms with van der Waals surface area (Å²) < 4.78 is 5.41. The average Bonchev–Trinajstić information content (AvgIpc) is 2.42. The van der Waals surface area contributed by atoms with Crippen molar-refractivity contribution in [2.75, 3.05) is 26.3 Å². The van der Waals surface area contributed by atoms with Gasteiger partial charge in [0.15, 0.2) is 0 Å². The van der Waals surface area contributed by atoms with Gasteiger partial charge in [-0.25, -0.2) is 0 Å². The van der Waals surface area contributed by atoms with Gasteiger partial charge in [0, 0.05) is 25.9 Å². The lowest BCUT2D eigenvalue weighted by Gasteiger charge is -2.09. The third kappa shape index (κ3) is 11.9. The van der Waals surface area contributed by atoms with E-state index in [4.69, 9.17) is 4.74 Å². The molecule has 0 heterocycles. The summed E-state index contributed by atoms with van der Waals surface area (Å²) in [6.07, 6.45) is 2.36. The van der Waals surface area contributed by atoms with E-state index in [-0.39, 0.29) is 24.7 Å². The van der Waals surface area contributed by atoms with Crippen LogP contribution in [-0.2, 0) is 14.3 Å². The van der Waals surface area contributed by atoms with E-state index in [1.807, 2.05) is 13.8 Å². The fraction of sp³-hybridized carbons (Fsp3) is 0.625. The molecule has 0 aromatic carbocycles. The van der Waals surface area contributed by atoms with Crippen LogP contribution in [0.25, 0.3) is 0 Å². The van der Waals surface area contributed by atoms with Gasteiger partial charge in [-0.1, -0.05) is 27.0 Å². The Morgan fingerprint density at radius 2 is 1.24 bits per heavy atom. The smallest absolute Gasteiger partial charge is 0.224 e. The molecule has 0 unspecified atom stereocenters. The number of hydrogen-bond acceptors (Lipinski definition) is 3. The minimum atomic E-state index is -0.0387. The number of amides is 2. The summed E-state index contributed by atoms with van der Waals surface area (Å²) in [5.74, 6) is -0.0774. The summed E-state index contributed by atoms with van der Waals surface area (Å²) in [6, 6.07) is 0. The summed E-state index contributed by atoms with van der Waals surface area (Å²) in [7, 11) is 0. The Morgan fingerprint density at radius 3 is 1.57 bits per heavy atom. The highest BCUT2D eigenvalue weighted by atomic mass is 16.5. The number of hydrogen-bond donors (Lipinski definition) is 2. The molecular weight excluding hydrogens is 268 g/mol. The van der Waals surface area contributed by atoms with Crippen molar-refractivity contribution in [3.8, 4) is 0 Å².